The summed E-state index contributed by atoms with van der Waals surface area (Å²) in [5.41, 5.74) is 2.17. The van der Waals surface area contributed by atoms with Gasteiger partial charge in [0.25, 0.3) is 5.91 Å². The SMILES string of the molecule is NS(=O)(=O)c1ccc2c(c1)C(=Cc1ccc(-c3nc4ccccc4s3)o1)C(=O)N2. The topological polar surface area (TPSA) is 115 Å². The highest BCUT2D eigenvalue weighted by Gasteiger charge is 2.26. The molecule has 7 nitrogen and oxygen atoms in total. The molecule has 29 heavy (non-hydrogen) atoms. The van der Waals surface area contributed by atoms with Gasteiger partial charge in [-0.2, -0.15) is 0 Å². The smallest absolute Gasteiger partial charge is 0.256 e. The number of hydrogen-bond acceptors (Lipinski definition) is 6. The Balaban J connectivity index is 1.54. The summed E-state index contributed by atoms with van der Waals surface area (Å²) >= 11 is 1.51. The van der Waals surface area contributed by atoms with Crippen molar-refractivity contribution in [2.24, 2.45) is 5.14 Å². The van der Waals surface area contributed by atoms with Gasteiger partial charge in [-0.25, -0.2) is 18.5 Å². The average molecular weight is 423 g/mol. The molecule has 1 amide bonds. The molecule has 0 atom stereocenters. The maximum Gasteiger partial charge on any atom is 0.256 e. The van der Waals surface area contributed by atoms with Crippen LogP contribution in [0.4, 0.5) is 5.69 Å². The van der Waals surface area contributed by atoms with Gasteiger partial charge in [-0.1, -0.05) is 12.1 Å². The fraction of sp³-hybridized carbons (Fsp3) is 0. The first-order chi connectivity index (χ1) is 13.9. The molecule has 3 N–H and O–H groups in total. The highest BCUT2D eigenvalue weighted by Crippen LogP contribution is 2.36. The van der Waals surface area contributed by atoms with Crippen molar-refractivity contribution in [3.05, 3.63) is 65.9 Å². The molecule has 0 saturated carbocycles. The van der Waals surface area contributed by atoms with Crippen molar-refractivity contribution in [3.8, 4) is 10.8 Å². The highest BCUT2D eigenvalue weighted by atomic mass is 32.2. The molecule has 0 bridgehead atoms. The van der Waals surface area contributed by atoms with Gasteiger partial charge in [0.2, 0.25) is 10.0 Å². The third kappa shape index (κ3) is 3.15. The third-order valence-corrected chi connectivity index (χ3v) is 6.48. The zero-order valence-electron chi connectivity index (χ0n) is 14.7. The van der Waals surface area contributed by atoms with E-state index in [1.54, 1.807) is 18.2 Å². The van der Waals surface area contributed by atoms with Crippen LogP contribution in [0.5, 0.6) is 0 Å². The van der Waals surface area contributed by atoms with E-state index in [9.17, 15) is 13.2 Å². The van der Waals surface area contributed by atoms with Crippen molar-refractivity contribution >= 4 is 54.8 Å². The Bertz CT molecular complexity index is 1400. The molecule has 0 radical (unpaired) electrons. The number of hydrogen-bond donors (Lipinski definition) is 2. The quantitative estimate of drug-likeness (QED) is 0.488. The Labute approximate surface area is 169 Å². The molecular weight excluding hydrogens is 410 g/mol. The number of furan rings is 1. The lowest BCUT2D eigenvalue weighted by molar-refractivity contribution is -0.110. The van der Waals surface area contributed by atoms with Crippen LogP contribution in [0.25, 0.3) is 32.6 Å². The van der Waals surface area contributed by atoms with Crippen LogP contribution in [0, 0.1) is 0 Å². The van der Waals surface area contributed by atoms with Gasteiger partial charge < -0.3 is 9.73 Å². The number of para-hydroxylation sites is 1. The zero-order chi connectivity index (χ0) is 20.2. The number of sulfonamides is 1. The van der Waals surface area contributed by atoms with Crippen molar-refractivity contribution in [3.63, 3.8) is 0 Å². The largest absolute Gasteiger partial charge is 0.454 e. The minimum Gasteiger partial charge on any atom is -0.454 e. The molecule has 144 valence electrons. The number of carbonyl (C=O) groups is 1. The number of amides is 1. The molecule has 0 aliphatic carbocycles. The number of primary sulfonamides is 1. The summed E-state index contributed by atoms with van der Waals surface area (Å²) in [7, 11) is -3.88. The lowest BCUT2D eigenvalue weighted by Crippen LogP contribution is -2.12. The maximum atomic E-state index is 12.4. The van der Waals surface area contributed by atoms with E-state index in [0.29, 0.717) is 28.3 Å². The first kappa shape index (κ1) is 17.8. The van der Waals surface area contributed by atoms with E-state index in [1.807, 2.05) is 24.3 Å². The standard InChI is InChI=1S/C20H13N3O4S2/c21-29(25,26)12-6-7-15-13(10-12)14(19(24)22-15)9-11-5-8-17(27-11)20-23-16-3-1-2-4-18(16)28-20/h1-10H,(H,22,24)(H2,21,25,26). The van der Waals surface area contributed by atoms with Gasteiger partial charge >= 0.3 is 0 Å². The van der Waals surface area contributed by atoms with Gasteiger partial charge in [-0.15, -0.1) is 11.3 Å². The van der Waals surface area contributed by atoms with E-state index < -0.39 is 10.0 Å². The second kappa shape index (κ2) is 6.38. The summed E-state index contributed by atoms with van der Waals surface area (Å²) in [4.78, 5) is 16.9. The number of thiazole rings is 1. The Morgan fingerprint density at radius 1 is 1.10 bits per heavy atom. The molecule has 9 heteroatoms. The lowest BCUT2D eigenvalue weighted by Gasteiger charge is -2.02. The Kier molecular flexibility index (Phi) is 3.91. The van der Waals surface area contributed by atoms with Gasteiger partial charge in [-0.3, -0.25) is 4.79 Å². The van der Waals surface area contributed by atoms with Gasteiger partial charge in [0.05, 0.1) is 20.7 Å². The van der Waals surface area contributed by atoms with E-state index in [2.05, 4.69) is 10.3 Å². The number of carbonyl (C=O) groups excluding carboxylic acids is 1. The number of nitrogens with one attached hydrogen (secondary N) is 1. The number of nitrogens with zero attached hydrogens (tertiary/aromatic N) is 1. The van der Waals surface area contributed by atoms with Crippen LogP contribution in [-0.2, 0) is 14.8 Å². The molecule has 0 spiro atoms. The van der Waals surface area contributed by atoms with E-state index in [-0.39, 0.29) is 10.8 Å². The molecule has 1 aliphatic rings. The van der Waals surface area contributed by atoms with Crippen molar-refractivity contribution < 1.29 is 17.6 Å². The highest BCUT2D eigenvalue weighted by molar-refractivity contribution is 7.89. The zero-order valence-corrected chi connectivity index (χ0v) is 16.4. The Hall–Kier alpha value is -3.27. The van der Waals surface area contributed by atoms with Crippen LogP contribution in [0.3, 0.4) is 0 Å². The van der Waals surface area contributed by atoms with Crippen LogP contribution < -0.4 is 10.5 Å². The predicted molar refractivity (Wildman–Crippen MR) is 112 cm³/mol. The van der Waals surface area contributed by atoms with Crippen molar-refractivity contribution in [2.45, 2.75) is 4.90 Å². The van der Waals surface area contributed by atoms with Crippen LogP contribution in [0.1, 0.15) is 11.3 Å². The second-order valence-corrected chi connectivity index (χ2v) is 9.05. The van der Waals surface area contributed by atoms with Crippen LogP contribution in [0.2, 0.25) is 0 Å². The number of fused-ring (bicyclic) bond motifs is 2. The summed E-state index contributed by atoms with van der Waals surface area (Å²) in [5, 5.41) is 8.65. The summed E-state index contributed by atoms with van der Waals surface area (Å²) in [6.45, 7) is 0. The summed E-state index contributed by atoms with van der Waals surface area (Å²) in [6, 6.07) is 15.6. The van der Waals surface area contributed by atoms with Crippen LogP contribution >= 0.6 is 11.3 Å². The Morgan fingerprint density at radius 2 is 1.93 bits per heavy atom. The van der Waals surface area contributed by atoms with Crippen molar-refractivity contribution in [1.82, 2.24) is 4.98 Å². The number of aromatic nitrogens is 1. The summed E-state index contributed by atoms with van der Waals surface area (Å²) in [5.74, 6) is 0.706. The molecule has 5 rings (SSSR count). The maximum absolute atomic E-state index is 12.4. The normalized spacial score (nSPS) is 15.1. The Morgan fingerprint density at radius 3 is 2.72 bits per heavy atom. The minimum atomic E-state index is -3.88. The number of benzene rings is 2. The number of nitrogens with two attached hydrogens (primary N) is 1. The van der Waals surface area contributed by atoms with E-state index in [1.165, 1.54) is 29.5 Å². The summed E-state index contributed by atoms with van der Waals surface area (Å²) < 4.78 is 30.2. The van der Waals surface area contributed by atoms with E-state index in [4.69, 9.17) is 9.56 Å². The average Bonchev–Trinajstić information content (AvgIpc) is 3.38. The van der Waals surface area contributed by atoms with Gasteiger partial charge in [0, 0.05) is 11.3 Å². The fourth-order valence-electron chi connectivity index (χ4n) is 3.15. The van der Waals surface area contributed by atoms with Crippen molar-refractivity contribution in [1.29, 1.82) is 0 Å². The van der Waals surface area contributed by atoms with Crippen LogP contribution in [0.15, 0.2) is 63.9 Å². The molecule has 3 heterocycles. The lowest BCUT2D eigenvalue weighted by atomic mass is 10.1. The van der Waals surface area contributed by atoms with Gasteiger partial charge in [-0.05, 0) is 48.5 Å². The monoisotopic (exact) mass is 423 g/mol. The predicted octanol–water partition coefficient (Wildman–Crippen LogP) is 3.70. The summed E-state index contributed by atoms with van der Waals surface area (Å²) in [6.07, 6.45) is 1.57. The van der Waals surface area contributed by atoms with Gasteiger partial charge in [0.1, 0.15) is 5.76 Å². The third-order valence-electron chi connectivity index (χ3n) is 4.52. The first-order valence-corrected chi connectivity index (χ1v) is 10.9. The molecule has 2 aromatic heterocycles. The molecule has 4 aromatic rings. The van der Waals surface area contributed by atoms with Gasteiger partial charge in [0.15, 0.2) is 10.8 Å². The fourth-order valence-corrected chi connectivity index (χ4v) is 4.62. The minimum absolute atomic E-state index is 0.0618. The molecular formula is C20H13N3O4S2. The van der Waals surface area contributed by atoms with Crippen molar-refractivity contribution in [2.75, 3.05) is 5.32 Å². The first-order valence-electron chi connectivity index (χ1n) is 8.54. The molecule has 1 aliphatic heterocycles. The van der Waals surface area contributed by atoms with E-state index >= 15 is 0 Å². The van der Waals surface area contributed by atoms with Crippen LogP contribution in [-0.4, -0.2) is 19.3 Å². The van der Waals surface area contributed by atoms with E-state index in [0.717, 1.165) is 15.2 Å². The number of anilines is 1. The second-order valence-electron chi connectivity index (χ2n) is 6.45. The molecule has 0 unspecified atom stereocenters. The molecule has 0 fully saturated rings. The molecule has 2 aromatic carbocycles. The molecule has 0 saturated heterocycles. The number of rotatable bonds is 3.